The first-order chi connectivity index (χ1) is 12.9. The zero-order valence-electron chi connectivity index (χ0n) is 15.0. The number of nitrogens with one attached hydrogen (secondary N) is 1. The molecule has 1 saturated carbocycles. The molecule has 1 fully saturated rings. The molecule has 2 heterocycles. The summed E-state index contributed by atoms with van der Waals surface area (Å²) >= 11 is 1.15. The Labute approximate surface area is 162 Å². The molecule has 1 unspecified atom stereocenters. The van der Waals surface area contributed by atoms with Crippen LogP contribution in [0.3, 0.4) is 0 Å². The zero-order valence-corrected chi connectivity index (χ0v) is 16.6. The summed E-state index contributed by atoms with van der Waals surface area (Å²) in [4.78, 5) is 0. The molecule has 0 saturated heterocycles. The van der Waals surface area contributed by atoms with Crippen LogP contribution in [0.5, 0.6) is 0 Å². The molecule has 8 heteroatoms. The molecular formula is C19H21N3O3S2. The smallest absolute Gasteiger partial charge is 0.250 e. The number of thiophene rings is 1. The summed E-state index contributed by atoms with van der Waals surface area (Å²) in [6, 6.07) is 13.2. The molecule has 0 radical (unpaired) electrons. The van der Waals surface area contributed by atoms with Crippen LogP contribution >= 0.6 is 11.3 Å². The van der Waals surface area contributed by atoms with Crippen LogP contribution in [-0.4, -0.2) is 29.3 Å². The molecule has 1 aliphatic rings. The van der Waals surface area contributed by atoms with Gasteiger partial charge in [-0.25, -0.2) is 17.8 Å². The van der Waals surface area contributed by atoms with Crippen LogP contribution in [0.25, 0.3) is 5.00 Å². The first-order valence-electron chi connectivity index (χ1n) is 8.77. The molecule has 3 aromatic rings. The largest absolute Gasteiger partial charge is 0.389 e. The van der Waals surface area contributed by atoms with Gasteiger partial charge >= 0.3 is 0 Å². The van der Waals surface area contributed by atoms with E-state index in [-0.39, 0.29) is 22.1 Å². The number of benzene rings is 1. The Morgan fingerprint density at radius 3 is 2.63 bits per heavy atom. The van der Waals surface area contributed by atoms with Gasteiger partial charge in [-0.3, -0.25) is 0 Å². The van der Waals surface area contributed by atoms with E-state index in [1.807, 2.05) is 30.3 Å². The quantitative estimate of drug-likeness (QED) is 0.662. The van der Waals surface area contributed by atoms with Crippen molar-refractivity contribution < 1.29 is 13.5 Å². The lowest BCUT2D eigenvalue weighted by atomic mass is 10.1. The SMILES string of the molecule is CC(O)c1cnn(-c2ccc(S(=O)(=O)N[C@H]3[C@H](C)[C@@H]3c3ccccc3)s2)c1. The number of aliphatic hydroxyl groups is 1. The van der Waals surface area contributed by atoms with Crippen LogP contribution in [-0.2, 0) is 10.0 Å². The van der Waals surface area contributed by atoms with Crippen molar-refractivity contribution in [3.8, 4) is 5.00 Å². The summed E-state index contributed by atoms with van der Waals surface area (Å²) in [5, 5.41) is 14.5. The predicted molar refractivity (Wildman–Crippen MR) is 105 cm³/mol. The maximum Gasteiger partial charge on any atom is 0.250 e. The average molecular weight is 404 g/mol. The van der Waals surface area contributed by atoms with E-state index < -0.39 is 16.1 Å². The molecule has 4 rings (SSSR count). The molecule has 0 aliphatic heterocycles. The predicted octanol–water partition coefficient (Wildman–Crippen LogP) is 3.07. The summed E-state index contributed by atoms with van der Waals surface area (Å²) in [5.74, 6) is 0.474. The summed E-state index contributed by atoms with van der Waals surface area (Å²) < 4.78 is 30.3. The van der Waals surface area contributed by atoms with Gasteiger partial charge in [0, 0.05) is 23.7 Å². The van der Waals surface area contributed by atoms with Gasteiger partial charge in [0.1, 0.15) is 9.21 Å². The van der Waals surface area contributed by atoms with Gasteiger partial charge in [0.05, 0.1) is 12.3 Å². The number of sulfonamides is 1. The van der Waals surface area contributed by atoms with Crippen LogP contribution in [0.15, 0.2) is 59.1 Å². The van der Waals surface area contributed by atoms with E-state index in [0.29, 0.717) is 10.6 Å². The van der Waals surface area contributed by atoms with Gasteiger partial charge < -0.3 is 5.11 Å². The second-order valence-electron chi connectivity index (χ2n) is 6.93. The molecule has 1 aromatic carbocycles. The standard InChI is InChI=1S/C19H21N3O3S2/c1-12-18(14-6-4-3-5-7-14)19(12)21-27(24,25)17-9-8-16(26-17)22-11-15(10-20-22)13(2)23/h3-13,18-19,21,23H,1-2H3/t12-,13?,18-,19+/m1/s1. The van der Waals surface area contributed by atoms with E-state index in [4.69, 9.17) is 0 Å². The summed E-state index contributed by atoms with van der Waals surface area (Å²) in [6.07, 6.45) is 2.66. The highest BCUT2D eigenvalue weighted by Crippen LogP contribution is 2.48. The van der Waals surface area contributed by atoms with Gasteiger partial charge in [0.15, 0.2) is 0 Å². The second kappa shape index (κ2) is 6.87. The number of hydrogen-bond donors (Lipinski definition) is 2. The van der Waals surface area contributed by atoms with Crippen molar-refractivity contribution in [2.45, 2.75) is 36.1 Å². The fourth-order valence-corrected chi connectivity index (χ4v) is 5.91. The molecular weight excluding hydrogens is 382 g/mol. The Balaban J connectivity index is 1.51. The van der Waals surface area contributed by atoms with Gasteiger partial charge in [0.25, 0.3) is 0 Å². The first-order valence-corrected chi connectivity index (χ1v) is 11.1. The van der Waals surface area contributed by atoms with Gasteiger partial charge in [-0.15, -0.1) is 11.3 Å². The van der Waals surface area contributed by atoms with E-state index in [2.05, 4.69) is 16.7 Å². The fourth-order valence-electron chi connectivity index (χ4n) is 3.32. The fraction of sp³-hybridized carbons (Fsp3) is 0.316. The van der Waals surface area contributed by atoms with Crippen molar-refractivity contribution >= 4 is 21.4 Å². The van der Waals surface area contributed by atoms with E-state index in [9.17, 15) is 13.5 Å². The highest BCUT2D eigenvalue weighted by atomic mass is 32.2. The maximum absolute atomic E-state index is 12.8. The minimum Gasteiger partial charge on any atom is -0.389 e. The van der Waals surface area contributed by atoms with Crippen molar-refractivity contribution in [3.05, 3.63) is 66.0 Å². The number of rotatable bonds is 6. The maximum atomic E-state index is 12.8. The number of aromatic nitrogens is 2. The Bertz CT molecular complexity index is 1040. The lowest BCUT2D eigenvalue weighted by Crippen LogP contribution is -2.27. The summed E-state index contributed by atoms with van der Waals surface area (Å²) in [6.45, 7) is 3.72. The Kier molecular flexibility index (Phi) is 4.67. The van der Waals surface area contributed by atoms with Gasteiger partial charge in [0.2, 0.25) is 10.0 Å². The number of hydrogen-bond acceptors (Lipinski definition) is 5. The third kappa shape index (κ3) is 3.58. The summed E-state index contributed by atoms with van der Waals surface area (Å²) in [5.41, 5.74) is 1.84. The highest BCUT2D eigenvalue weighted by Gasteiger charge is 2.49. The van der Waals surface area contributed by atoms with Gasteiger partial charge in [-0.05, 0) is 30.5 Å². The Morgan fingerprint density at radius 1 is 1.22 bits per heavy atom. The third-order valence-corrected chi connectivity index (χ3v) is 8.02. The highest BCUT2D eigenvalue weighted by molar-refractivity contribution is 7.91. The van der Waals surface area contributed by atoms with Crippen LogP contribution in [0.2, 0.25) is 0 Å². The van der Waals surface area contributed by atoms with Crippen molar-refractivity contribution in [2.24, 2.45) is 5.92 Å². The number of aliphatic hydroxyl groups excluding tert-OH is 1. The van der Waals surface area contributed by atoms with Gasteiger partial charge in [-0.2, -0.15) is 5.10 Å². The van der Waals surface area contributed by atoms with Crippen LogP contribution in [0, 0.1) is 5.92 Å². The summed E-state index contributed by atoms with van der Waals surface area (Å²) in [7, 11) is -3.59. The lowest BCUT2D eigenvalue weighted by molar-refractivity contribution is 0.199. The van der Waals surface area contributed by atoms with E-state index in [0.717, 1.165) is 16.9 Å². The van der Waals surface area contributed by atoms with Crippen molar-refractivity contribution in [2.75, 3.05) is 0 Å². The van der Waals surface area contributed by atoms with E-state index in [1.165, 1.54) is 0 Å². The Morgan fingerprint density at radius 2 is 1.96 bits per heavy atom. The molecule has 6 nitrogen and oxygen atoms in total. The monoisotopic (exact) mass is 403 g/mol. The topological polar surface area (TPSA) is 84.2 Å². The average Bonchev–Trinajstić information content (AvgIpc) is 3.10. The van der Waals surface area contributed by atoms with Gasteiger partial charge in [-0.1, -0.05) is 37.3 Å². The molecule has 0 amide bonds. The molecule has 2 N–H and O–H groups in total. The lowest BCUT2D eigenvalue weighted by Gasteiger charge is -2.04. The molecule has 27 heavy (non-hydrogen) atoms. The van der Waals surface area contributed by atoms with Crippen LogP contribution < -0.4 is 4.72 Å². The van der Waals surface area contributed by atoms with E-state index >= 15 is 0 Å². The van der Waals surface area contributed by atoms with Crippen molar-refractivity contribution in [1.29, 1.82) is 0 Å². The molecule has 0 spiro atoms. The van der Waals surface area contributed by atoms with Crippen LogP contribution in [0.4, 0.5) is 0 Å². The zero-order chi connectivity index (χ0) is 19.2. The second-order valence-corrected chi connectivity index (χ2v) is 9.93. The Hall–Kier alpha value is -2.00. The number of nitrogens with zero attached hydrogens (tertiary/aromatic N) is 2. The van der Waals surface area contributed by atoms with Crippen LogP contribution in [0.1, 0.15) is 37.0 Å². The van der Waals surface area contributed by atoms with Crippen molar-refractivity contribution in [1.82, 2.24) is 14.5 Å². The molecule has 1 aliphatic carbocycles. The minimum atomic E-state index is -3.59. The normalized spacial score (nSPS) is 23.3. The minimum absolute atomic E-state index is 0.0884. The first kappa shape index (κ1) is 18.4. The molecule has 142 valence electrons. The molecule has 0 bridgehead atoms. The van der Waals surface area contributed by atoms with Crippen molar-refractivity contribution in [3.63, 3.8) is 0 Å². The van der Waals surface area contributed by atoms with E-state index in [1.54, 1.807) is 36.1 Å². The molecule has 4 atom stereocenters. The third-order valence-electron chi connectivity index (χ3n) is 5.00. The molecule has 2 aromatic heterocycles.